The van der Waals surface area contributed by atoms with Gasteiger partial charge in [0.1, 0.15) is 0 Å². The van der Waals surface area contributed by atoms with Gasteiger partial charge in [0.25, 0.3) is 5.91 Å². The van der Waals surface area contributed by atoms with Gasteiger partial charge >= 0.3 is 12.1 Å². The topological polar surface area (TPSA) is 57.6 Å². The van der Waals surface area contributed by atoms with Gasteiger partial charge in [0, 0.05) is 18.0 Å². The number of carboxylic acids is 1. The molecule has 24 heavy (non-hydrogen) atoms. The molecule has 2 heterocycles. The molecule has 1 fully saturated rings. The molecule has 1 N–H and O–H groups in total. The van der Waals surface area contributed by atoms with Gasteiger partial charge in [-0.1, -0.05) is 20.3 Å². The molecule has 1 unspecified atom stereocenters. The molecule has 1 aromatic heterocycles. The van der Waals surface area contributed by atoms with Crippen molar-refractivity contribution in [3.8, 4) is 0 Å². The fourth-order valence-electron chi connectivity index (χ4n) is 2.98. The van der Waals surface area contributed by atoms with E-state index in [0.29, 0.717) is 4.88 Å². The molecule has 0 bridgehead atoms. The third-order valence-electron chi connectivity index (χ3n) is 4.47. The van der Waals surface area contributed by atoms with Gasteiger partial charge in [-0.25, -0.2) is 0 Å². The van der Waals surface area contributed by atoms with E-state index in [1.807, 2.05) is 13.8 Å². The highest BCUT2D eigenvalue weighted by atomic mass is 32.1. The smallest absolute Gasteiger partial charge is 0.406 e. The average Bonchev–Trinajstić information content (AvgIpc) is 3.11. The number of hydrogen-bond acceptors (Lipinski definition) is 3. The van der Waals surface area contributed by atoms with Crippen molar-refractivity contribution in [2.24, 2.45) is 5.41 Å². The number of carboxylic acid groups (broad SMARTS) is 1. The Bertz CT molecular complexity index is 641. The maximum Gasteiger partial charge on any atom is 0.406 e. The molecule has 0 radical (unpaired) electrons. The second-order valence-corrected chi connectivity index (χ2v) is 7.16. The predicted octanol–water partition coefficient (Wildman–Crippen LogP) is 3.74. The third kappa shape index (κ3) is 3.16. The highest BCUT2D eigenvalue weighted by molar-refractivity contribution is 7.14. The van der Waals surface area contributed by atoms with Crippen molar-refractivity contribution in [2.75, 3.05) is 13.1 Å². The van der Waals surface area contributed by atoms with Crippen LogP contribution in [0.3, 0.4) is 0 Å². The lowest BCUT2D eigenvalue weighted by atomic mass is 9.86. The van der Waals surface area contributed by atoms with Crippen molar-refractivity contribution >= 4 is 23.2 Å². The number of likely N-dealkylation sites (tertiary alicyclic amines) is 1. The summed E-state index contributed by atoms with van der Waals surface area (Å²) in [6, 6.07) is 1.73. The summed E-state index contributed by atoms with van der Waals surface area (Å²) in [6.07, 6.45) is -3.00. The van der Waals surface area contributed by atoms with Crippen LogP contribution in [0.25, 0.3) is 0 Å². The molecular formula is C16H20F3NO3S. The van der Waals surface area contributed by atoms with Crippen LogP contribution in [0, 0.1) is 5.41 Å². The number of hydrogen-bond donors (Lipinski definition) is 1. The van der Waals surface area contributed by atoms with Gasteiger partial charge in [-0.2, -0.15) is 13.2 Å². The molecule has 4 nitrogen and oxygen atoms in total. The SMILES string of the molecule is CCCc1sc(C(=O)N2CCC(C(=O)O)(C(F)(F)F)C2)cc1CC. The number of carbonyl (C=O) groups excluding carboxylic acids is 1. The van der Waals surface area contributed by atoms with E-state index in [2.05, 4.69) is 0 Å². The van der Waals surface area contributed by atoms with Crippen LogP contribution in [0.5, 0.6) is 0 Å². The van der Waals surface area contributed by atoms with Gasteiger partial charge in [0.05, 0.1) is 4.88 Å². The normalized spacial score (nSPS) is 21.3. The number of halogens is 3. The zero-order valence-electron chi connectivity index (χ0n) is 13.6. The second kappa shape index (κ2) is 6.74. The number of amides is 1. The predicted molar refractivity (Wildman–Crippen MR) is 84.3 cm³/mol. The van der Waals surface area contributed by atoms with E-state index in [1.54, 1.807) is 6.07 Å². The van der Waals surface area contributed by atoms with Crippen LogP contribution in [0.1, 0.15) is 46.8 Å². The molecule has 1 saturated heterocycles. The molecule has 1 aromatic rings. The number of thiophene rings is 1. The molecule has 0 saturated carbocycles. The largest absolute Gasteiger partial charge is 0.481 e. The lowest BCUT2D eigenvalue weighted by molar-refractivity contribution is -0.227. The number of rotatable bonds is 5. The van der Waals surface area contributed by atoms with Crippen molar-refractivity contribution in [1.82, 2.24) is 4.90 Å². The number of aliphatic carboxylic acids is 1. The van der Waals surface area contributed by atoms with Crippen LogP contribution in [0.15, 0.2) is 6.07 Å². The summed E-state index contributed by atoms with van der Waals surface area (Å²) in [6.45, 7) is 2.95. The maximum absolute atomic E-state index is 13.2. The van der Waals surface area contributed by atoms with Gasteiger partial charge < -0.3 is 10.0 Å². The fourth-order valence-corrected chi connectivity index (χ4v) is 4.30. The van der Waals surface area contributed by atoms with Gasteiger partial charge in [0.2, 0.25) is 0 Å². The minimum atomic E-state index is -4.88. The standard InChI is InChI=1S/C16H20F3NO3S/c1-3-5-11-10(4-2)8-12(24-11)13(21)20-7-6-15(9-20,14(22)23)16(17,18)19/h8H,3-7,9H2,1-2H3,(H,22,23). The Morgan fingerprint density at radius 3 is 2.50 bits per heavy atom. The Labute approximate surface area is 142 Å². The Morgan fingerprint density at radius 1 is 1.38 bits per heavy atom. The summed E-state index contributed by atoms with van der Waals surface area (Å²) in [5.41, 5.74) is -1.83. The zero-order chi connectivity index (χ0) is 18.1. The third-order valence-corrected chi connectivity index (χ3v) is 5.70. The summed E-state index contributed by atoms with van der Waals surface area (Å²) in [4.78, 5) is 26.2. The first-order chi connectivity index (χ1) is 11.2. The number of alkyl halides is 3. The minimum absolute atomic E-state index is 0.201. The van der Waals surface area contributed by atoms with E-state index in [-0.39, 0.29) is 6.54 Å². The molecule has 2 rings (SSSR count). The highest BCUT2D eigenvalue weighted by Crippen LogP contribution is 2.46. The summed E-state index contributed by atoms with van der Waals surface area (Å²) < 4.78 is 39.6. The Morgan fingerprint density at radius 2 is 2.04 bits per heavy atom. The van der Waals surface area contributed by atoms with Crippen molar-refractivity contribution < 1.29 is 27.9 Å². The summed E-state index contributed by atoms with van der Waals surface area (Å²) in [5, 5.41) is 9.07. The number of carbonyl (C=O) groups is 2. The Kier molecular flexibility index (Phi) is 5.27. The highest BCUT2D eigenvalue weighted by Gasteiger charge is 2.64. The lowest BCUT2D eigenvalue weighted by Gasteiger charge is -2.27. The molecule has 1 aliphatic rings. The van der Waals surface area contributed by atoms with E-state index in [1.165, 1.54) is 11.3 Å². The summed E-state index contributed by atoms with van der Waals surface area (Å²) >= 11 is 1.30. The first-order valence-electron chi connectivity index (χ1n) is 7.87. The summed E-state index contributed by atoms with van der Waals surface area (Å²) in [5.74, 6) is -2.43. The van der Waals surface area contributed by atoms with E-state index >= 15 is 0 Å². The van der Waals surface area contributed by atoms with Gasteiger partial charge in [0.15, 0.2) is 5.41 Å². The average molecular weight is 363 g/mol. The molecule has 0 aliphatic carbocycles. The number of nitrogens with zero attached hydrogens (tertiary/aromatic N) is 1. The Balaban J connectivity index is 2.25. The number of aryl methyl sites for hydroxylation is 2. The van der Waals surface area contributed by atoms with E-state index in [9.17, 15) is 22.8 Å². The van der Waals surface area contributed by atoms with Gasteiger partial charge in [-0.05, 0) is 30.9 Å². The molecule has 0 spiro atoms. The van der Waals surface area contributed by atoms with Crippen molar-refractivity contribution in [1.29, 1.82) is 0 Å². The molecular weight excluding hydrogens is 343 g/mol. The van der Waals surface area contributed by atoms with Crippen molar-refractivity contribution in [2.45, 2.75) is 45.7 Å². The fraction of sp³-hybridized carbons (Fsp3) is 0.625. The Hall–Kier alpha value is -1.57. The second-order valence-electron chi connectivity index (χ2n) is 6.02. The van der Waals surface area contributed by atoms with Crippen LogP contribution in [0.4, 0.5) is 13.2 Å². The van der Waals surface area contributed by atoms with Crippen LogP contribution in [-0.2, 0) is 17.6 Å². The van der Waals surface area contributed by atoms with E-state index < -0.39 is 36.4 Å². The van der Waals surface area contributed by atoms with Crippen LogP contribution < -0.4 is 0 Å². The van der Waals surface area contributed by atoms with E-state index in [0.717, 1.165) is 34.6 Å². The van der Waals surface area contributed by atoms with E-state index in [4.69, 9.17) is 5.11 Å². The summed E-state index contributed by atoms with van der Waals surface area (Å²) in [7, 11) is 0. The molecule has 1 aliphatic heterocycles. The van der Waals surface area contributed by atoms with Crippen LogP contribution in [-0.4, -0.2) is 41.1 Å². The zero-order valence-corrected chi connectivity index (χ0v) is 14.4. The van der Waals surface area contributed by atoms with Crippen LogP contribution >= 0.6 is 11.3 Å². The van der Waals surface area contributed by atoms with Crippen molar-refractivity contribution in [3.63, 3.8) is 0 Å². The molecule has 0 aromatic carbocycles. The molecule has 1 atom stereocenters. The van der Waals surface area contributed by atoms with Crippen LogP contribution in [0.2, 0.25) is 0 Å². The minimum Gasteiger partial charge on any atom is -0.481 e. The first-order valence-corrected chi connectivity index (χ1v) is 8.69. The monoisotopic (exact) mass is 363 g/mol. The van der Waals surface area contributed by atoms with Crippen molar-refractivity contribution in [3.05, 3.63) is 21.4 Å². The lowest BCUT2D eigenvalue weighted by Crippen LogP contribution is -2.47. The van der Waals surface area contributed by atoms with Gasteiger partial charge in [-0.3, -0.25) is 9.59 Å². The first kappa shape index (κ1) is 18.8. The molecule has 1 amide bonds. The molecule has 134 valence electrons. The molecule has 8 heteroatoms. The quantitative estimate of drug-likeness (QED) is 0.867. The van der Waals surface area contributed by atoms with Gasteiger partial charge in [-0.15, -0.1) is 11.3 Å². The maximum atomic E-state index is 13.2.